The fourth-order valence-electron chi connectivity index (χ4n) is 2.90. The third-order valence-electron chi connectivity index (χ3n) is 4.42. The van der Waals surface area contributed by atoms with Crippen molar-refractivity contribution >= 4 is 17.5 Å². The number of likely N-dealkylation sites (tertiary alicyclic amines) is 1. The Bertz CT molecular complexity index is 818. The number of rotatable bonds is 3. The van der Waals surface area contributed by atoms with E-state index < -0.39 is 5.95 Å². The minimum absolute atomic E-state index is 0.0403. The maximum Gasteiger partial charge on any atom is 0.242 e. The largest absolute Gasteiger partial charge is 0.341 e. The van der Waals surface area contributed by atoms with Gasteiger partial charge in [0.15, 0.2) is 0 Å². The quantitative estimate of drug-likeness (QED) is 0.800. The van der Waals surface area contributed by atoms with E-state index in [1.807, 2.05) is 6.07 Å². The molecule has 2 aromatic rings. The van der Waals surface area contributed by atoms with E-state index in [4.69, 9.17) is 0 Å². The van der Waals surface area contributed by atoms with Crippen LogP contribution in [0.1, 0.15) is 12.1 Å². The van der Waals surface area contributed by atoms with Crippen molar-refractivity contribution < 1.29 is 14.0 Å². The zero-order valence-corrected chi connectivity index (χ0v) is 12.9. The van der Waals surface area contributed by atoms with E-state index >= 15 is 0 Å². The molecule has 1 saturated heterocycles. The number of pyridine rings is 2. The molecule has 2 amide bonds. The number of amides is 2. The van der Waals surface area contributed by atoms with Crippen LogP contribution in [0, 0.1) is 5.95 Å². The molecule has 24 heavy (non-hydrogen) atoms. The molecule has 6 nitrogen and oxygen atoms in total. The number of fused-ring (bicyclic) bond motifs is 1. The Labute approximate surface area is 137 Å². The van der Waals surface area contributed by atoms with E-state index in [1.165, 1.54) is 17.2 Å². The molecular weight excluding hydrogens is 311 g/mol. The molecule has 2 aliphatic rings. The molecule has 0 unspecified atom stereocenters. The molecule has 122 valence electrons. The number of halogens is 1. The summed E-state index contributed by atoms with van der Waals surface area (Å²) in [6.45, 7) is 1.55. The lowest BCUT2D eigenvalue weighted by Crippen LogP contribution is -2.47. The normalized spacial score (nSPS) is 16.1. The van der Waals surface area contributed by atoms with Crippen molar-refractivity contribution in [3.63, 3.8) is 0 Å². The van der Waals surface area contributed by atoms with Crippen LogP contribution in [0.3, 0.4) is 0 Å². The average molecular weight is 326 g/mol. The lowest BCUT2D eigenvalue weighted by atomic mass is 10.1. The highest BCUT2D eigenvalue weighted by Crippen LogP contribution is 2.31. The van der Waals surface area contributed by atoms with Crippen molar-refractivity contribution in [2.24, 2.45) is 0 Å². The van der Waals surface area contributed by atoms with E-state index in [-0.39, 0.29) is 24.8 Å². The number of carbonyl (C=O) groups excluding carboxylic acids is 2. The summed E-state index contributed by atoms with van der Waals surface area (Å²) < 4.78 is 13.0. The van der Waals surface area contributed by atoms with E-state index in [2.05, 4.69) is 9.97 Å². The Kier molecular flexibility index (Phi) is 3.48. The molecule has 2 aliphatic heterocycles. The highest BCUT2D eigenvalue weighted by atomic mass is 19.1. The lowest BCUT2D eigenvalue weighted by Gasteiger charge is -2.32. The van der Waals surface area contributed by atoms with Crippen LogP contribution in [-0.4, -0.2) is 46.3 Å². The molecule has 0 atom stereocenters. The zero-order chi connectivity index (χ0) is 16.7. The van der Waals surface area contributed by atoms with Crippen LogP contribution < -0.4 is 4.90 Å². The van der Waals surface area contributed by atoms with Gasteiger partial charge in [-0.2, -0.15) is 4.39 Å². The molecular formula is C17H15FN4O2. The fraction of sp³-hybridized carbons (Fsp3) is 0.294. The van der Waals surface area contributed by atoms with Crippen molar-refractivity contribution in [1.82, 2.24) is 14.9 Å². The van der Waals surface area contributed by atoms with Gasteiger partial charge in [0.25, 0.3) is 0 Å². The summed E-state index contributed by atoms with van der Waals surface area (Å²) in [4.78, 5) is 35.6. The lowest BCUT2D eigenvalue weighted by molar-refractivity contribution is -0.134. The fourth-order valence-corrected chi connectivity index (χ4v) is 2.90. The van der Waals surface area contributed by atoms with Crippen LogP contribution in [0.5, 0.6) is 0 Å². The van der Waals surface area contributed by atoms with Gasteiger partial charge in [-0.1, -0.05) is 0 Å². The summed E-state index contributed by atoms with van der Waals surface area (Å²) in [6.07, 6.45) is 4.27. The molecule has 0 radical (unpaired) electrons. The van der Waals surface area contributed by atoms with Gasteiger partial charge in [0.05, 0.1) is 17.8 Å². The Balaban J connectivity index is 1.63. The third kappa shape index (κ3) is 2.51. The molecule has 7 heteroatoms. The highest BCUT2D eigenvalue weighted by Gasteiger charge is 2.32. The number of anilines is 1. The summed E-state index contributed by atoms with van der Waals surface area (Å²) in [7, 11) is 0. The maximum absolute atomic E-state index is 13.0. The number of hydrogen-bond donors (Lipinski definition) is 0. The van der Waals surface area contributed by atoms with Gasteiger partial charge in [0, 0.05) is 36.6 Å². The summed E-state index contributed by atoms with van der Waals surface area (Å²) in [5.41, 5.74) is 2.75. The van der Waals surface area contributed by atoms with E-state index in [0.29, 0.717) is 16.9 Å². The summed E-state index contributed by atoms with van der Waals surface area (Å²) >= 11 is 0. The standard InChI is InChI=1S/C17H15FN4O2/c18-15-3-2-11(8-20-15)12-6-14-13(19-9-12)7-16(23)22(14)10-17(24)21-4-1-5-21/h2-3,6,8-9H,1,4-5,7,10H2. The number of carbonyl (C=O) groups is 2. The van der Waals surface area contributed by atoms with Gasteiger partial charge in [0.2, 0.25) is 17.8 Å². The molecule has 2 aromatic heterocycles. The molecule has 0 saturated carbocycles. The van der Waals surface area contributed by atoms with Gasteiger partial charge in [-0.15, -0.1) is 0 Å². The SMILES string of the molecule is O=C(CN1C(=O)Cc2ncc(-c3ccc(F)nc3)cc21)N1CCC1. The second-order valence-corrected chi connectivity index (χ2v) is 5.95. The van der Waals surface area contributed by atoms with Crippen LogP contribution in [0.15, 0.2) is 30.6 Å². The van der Waals surface area contributed by atoms with Crippen molar-refractivity contribution in [2.45, 2.75) is 12.8 Å². The van der Waals surface area contributed by atoms with Gasteiger partial charge < -0.3 is 9.80 Å². The molecule has 4 heterocycles. The topological polar surface area (TPSA) is 66.4 Å². The molecule has 0 aliphatic carbocycles. The average Bonchev–Trinajstić information content (AvgIpc) is 2.82. The Morgan fingerprint density at radius 2 is 1.96 bits per heavy atom. The van der Waals surface area contributed by atoms with Crippen molar-refractivity contribution in [1.29, 1.82) is 0 Å². The summed E-state index contributed by atoms with van der Waals surface area (Å²) in [5, 5.41) is 0. The predicted octanol–water partition coefficient (Wildman–Crippen LogP) is 1.40. The Morgan fingerprint density at radius 3 is 2.62 bits per heavy atom. The first-order chi connectivity index (χ1) is 11.6. The first kappa shape index (κ1) is 14.7. The van der Waals surface area contributed by atoms with Gasteiger partial charge in [0.1, 0.15) is 6.54 Å². The zero-order valence-electron chi connectivity index (χ0n) is 12.9. The summed E-state index contributed by atoms with van der Waals surface area (Å²) in [6, 6.07) is 4.70. The van der Waals surface area contributed by atoms with Crippen molar-refractivity contribution in [3.05, 3.63) is 42.2 Å². The van der Waals surface area contributed by atoms with Crippen LogP contribution >= 0.6 is 0 Å². The minimum atomic E-state index is -0.551. The molecule has 0 spiro atoms. The van der Waals surface area contributed by atoms with Crippen LogP contribution in [0.2, 0.25) is 0 Å². The first-order valence-electron chi connectivity index (χ1n) is 7.81. The monoisotopic (exact) mass is 326 g/mol. The van der Waals surface area contributed by atoms with Crippen molar-refractivity contribution in [3.8, 4) is 11.1 Å². The number of aromatic nitrogens is 2. The van der Waals surface area contributed by atoms with E-state index in [1.54, 1.807) is 17.2 Å². The number of hydrogen-bond acceptors (Lipinski definition) is 4. The maximum atomic E-state index is 13.0. The molecule has 4 rings (SSSR count). The second kappa shape index (κ2) is 5.67. The molecule has 1 fully saturated rings. The molecule has 0 aromatic carbocycles. The van der Waals surface area contributed by atoms with E-state index in [9.17, 15) is 14.0 Å². The molecule has 0 N–H and O–H groups in total. The van der Waals surface area contributed by atoms with Crippen LogP contribution in [-0.2, 0) is 16.0 Å². The minimum Gasteiger partial charge on any atom is -0.341 e. The smallest absolute Gasteiger partial charge is 0.242 e. The van der Waals surface area contributed by atoms with Crippen molar-refractivity contribution in [2.75, 3.05) is 24.5 Å². The van der Waals surface area contributed by atoms with E-state index in [0.717, 1.165) is 25.1 Å². The van der Waals surface area contributed by atoms with Gasteiger partial charge >= 0.3 is 0 Å². The highest BCUT2D eigenvalue weighted by molar-refractivity contribution is 6.05. The third-order valence-corrected chi connectivity index (χ3v) is 4.42. The molecule has 0 bridgehead atoms. The van der Waals surface area contributed by atoms with Crippen LogP contribution in [0.25, 0.3) is 11.1 Å². The Hall–Kier alpha value is -2.83. The van der Waals surface area contributed by atoms with Gasteiger partial charge in [-0.25, -0.2) is 4.98 Å². The second-order valence-electron chi connectivity index (χ2n) is 5.95. The van der Waals surface area contributed by atoms with Gasteiger partial charge in [-0.05, 0) is 24.6 Å². The van der Waals surface area contributed by atoms with Crippen LogP contribution in [0.4, 0.5) is 10.1 Å². The summed E-state index contributed by atoms with van der Waals surface area (Å²) in [5.74, 6) is -0.720. The number of nitrogens with zero attached hydrogens (tertiary/aromatic N) is 4. The van der Waals surface area contributed by atoms with Gasteiger partial charge in [-0.3, -0.25) is 14.6 Å². The first-order valence-corrected chi connectivity index (χ1v) is 7.81. The Morgan fingerprint density at radius 1 is 1.17 bits per heavy atom. The predicted molar refractivity (Wildman–Crippen MR) is 84.7 cm³/mol.